The number of fused-ring (bicyclic) bond motifs is 11. The smallest absolute Gasteiger partial charge is 0.133 e. The van der Waals surface area contributed by atoms with Crippen LogP contribution in [-0.4, -0.2) is 12.0 Å². The van der Waals surface area contributed by atoms with Crippen LogP contribution in [0.4, 0.5) is 0 Å². The first-order chi connectivity index (χ1) is 28.5. The minimum atomic E-state index is -0.148. The van der Waals surface area contributed by atoms with E-state index in [2.05, 4.69) is 164 Å². The average Bonchev–Trinajstić information content (AvgIpc) is 3.86. The molecule has 2 atom stereocenters. The van der Waals surface area contributed by atoms with Crippen LogP contribution in [0.25, 0.3) is 53.6 Å². The van der Waals surface area contributed by atoms with Gasteiger partial charge in [-0.25, -0.2) is 4.99 Å². The van der Waals surface area contributed by atoms with Crippen LogP contribution in [-0.2, 0) is 10.8 Å². The van der Waals surface area contributed by atoms with Crippen LogP contribution in [0.2, 0.25) is 0 Å². The Morgan fingerprint density at radius 1 is 0.638 bits per heavy atom. The number of thiophene rings is 1. The Labute approximate surface area is 345 Å². The predicted octanol–water partition coefficient (Wildman–Crippen LogP) is 13.5. The van der Waals surface area contributed by atoms with Crippen LogP contribution >= 0.6 is 11.3 Å². The maximum atomic E-state index is 5.35. The van der Waals surface area contributed by atoms with Crippen molar-refractivity contribution in [3.63, 3.8) is 0 Å². The van der Waals surface area contributed by atoms with Gasteiger partial charge in [0.15, 0.2) is 0 Å². The van der Waals surface area contributed by atoms with Gasteiger partial charge in [-0.2, -0.15) is 0 Å². The van der Waals surface area contributed by atoms with Crippen LogP contribution in [0.5, 0.6) is 0 Å². The van der Waals surface area contributed by atoms with E-state index in [0.717, 1.165) is 24.2 Å². The summed E-state index contributed by atoms with van der Waals surface area (Å²) < 4.78 is 2.58. The highest BCUT2D eigenvalue weighted by atomic mass is 32.1. The van der Waals surface area contributed by atoms with Gasteiger partial charge in [-0.05, 0) is 123 Å². The molecule has 4 aliphatic carbocycles. The van der Waals surface area contributed by atoms with Gasteiger partial charge in [0.05, 0.1) is 0 Å². The van der Waals surface area contributed by atoms with Gasteiger partial charge < -0.3 is 5.32 Å². The van der Waals surface area contributed by atoms with Crippen molar-refractivity contribution in [2.24, 2.45) is 4.99 Å². The fourth-order valence-corrected chi connectivity index (χ4v) is 12.5. The summed E-state index contributed by atoms with van der Waals surface area (Å²) in [4.78, 5) is 5.35. The van der Waals surface area contributed by atoms with E-state index in [1.165, 1.54) is 108 Å². The zero-order valence-corrected chi connectivity index (χ0v) is 34.1. The summed E-state index contributed by atoms with van der Waals surface area (Å²) in [5, 5.41) is 10.2. The second-order valence-electron chi connectivity index (χ2n) is 17.7. The maximum absolute atomic E-state index is 5.35. The van der Waals surface area contributed by atoms with E-state index in [4.69, 9.17) is 4.99 Å². The molecule has 3 nitrogen and oxygen atoms in total. The minimum Gasteiger partial charge on any atom is -0.350 e. The maximum Gasteiger partial charge on any atom is 0.133 e. The number of nitrogens with one attached hydrogen (secondary N) is 2. The van der Waals surface area contributed by atoms with E-state index in [1.54, 1.807) is 11.1 Å². The van der Waals surface area contributed by atoms with Gasteiger partial charge in [0.1, 0.15) is 18.2 Å². The number of amidine groups is 1. The molecule has 1 aromatic heterocycles. The summed E-state index contributed by atoms with van der Waals surface area (Å²) in [6.45, 7) is 4.88. The molecule has 0 amide bonds. The molecule has 5 aliphatic rings. The third-order valence-electron chi connectivity index (χ3n) is 14.2. The number of benzene rings is 6. The lowest BCUT2D eigenvalue weighted by Gasteiger charge is -2.36. The highest BCUT2D eigenvalue weighted by Crippen LogP contribution is 2.60. The summed E-state index contributed by atoms with van der Waals surface area (Å²) in [6, 6.07) is 46.2. The topological polar surface area (TPSA) is 36.4 Å². The van der Waals surface area contributed by atoms with Crippen molar-refractivity contribution in [2.75, 3.05) is 0 Å². The SMILES string of the molecule is CC1(C)c2cc3c(cc2-c2c(-c4ccc5sc6c(C7=NC(c8ccccc8)NC(C8=CCCC=C8)N7)cccc6c5c4)cccc21)C1(CCCCC1)c1ccccc1-3. The molecule has 1 fully saturated rings. The third-order valence-corrected chi connectivity index (χ3v) is 15.4. The fourth-order valence-electron chi connectivity index (χ4n) is 11.3. The van der Waals surface area contributed by atoms with Crippen molar-refractivity contribution < 1.29 is 0 Å². The second-order valence-corrected chi connectivity index (χ2v) is 18.8. The van der Waals surface area contributed by atoms with Gasteiger partial charge in [-0.3, -0.25) is 5.32 Å². The molecule has 1 spiro atoms. The van der Waals surface area contributed by atoms with E-state index >= 15 is 0 Å². The summed E-state index contributed by atoms with van der Waals surface area (Å²) >= 11 is 1.88. The Morgan fingerprint density at radius 2 is 1.41 bits per heavy atom. The first kappa shape index (κ1) is 34.5. The van der Waals surface area contributed by atoms with Crippen LogP contribution in [0.3, 0.4) is 0 Å². The third kappa shape index (κ3) is 5.04. The van der Waals surface area contributed by atoms with Crippen molar-refractivity contribution in [3.05, 3.63) is 179 Å². The Hall–Kier alpha value is -5.55. The lowest BCUT2D eigenvalue weighted by atomic mass is 9.67. The van der Waals surface area contributed by atoms with E-state index in [9.17, 15) is 0 Å². The Bertz CT molecular complexity index is 2920. The zero-order valence-electron chi connectivity index (χ0n) is 33.2. The van der Waals surface area contributed by atoms with Crippen LogP contribution in [0, 0.1) is 0 Å². The zero-order chi connectivity index (χ0) is 38.6. The first-order valence-electron chi connectivity index (χ1n) is 21.4. The van der Waals surface area contributed by atoms with Crippen molar-refractivity contribution in [1.82, 2.24) is 10.6 Å². The summed E-state index contributed by atoms with van der Waals surface area (Å²) in [6.07, 6.45) is 15.3. The van der Waals surface area contributed by atoms with Crippen molar-refractivity contribution >= 4 is 37.3 Å². The molecule has 1 saturated carbocycles. The van der Waals surface area contributed by atoms with Gasteiger partial charge in [-0.1, -0.05) is 142 Å². The first-order valence-corrected chi connectivity index (χ1v) is 22.2. The molecule has 6 aromatic carbocycles. The molecule has 2 N–H and O–H groups in total. The van der Waals surface area contributed by atoms with Crippen LogP contribution in [0.1, 0.15) is 98.3 Å². The monoisotopic (exact) mass is 769 g/mol. The van der Waals surface area contributed by atoms with Crippen molar-refractivity contribution in [3.8, 4) is 33.4 Å². The van der Waals surface area contributed by atoms with E-state index in [1.807, 2.05) is 11.3 Å². The molecule has 284 valence electrons. The second kappa shape index (κ2) is 13.0. The van der Waals surface area contributed by atoms with Gasteiger partial charge in [0.2, 0.25) is 0 Å². The van der Waals surface area contributed by atoms with Crippen LogP contribution in [0.15, 0.2) is 150 Å². The molecule has 12 rings (SSSR count). The Kier molecular flexibility index (Phi) is 7.72. The number of hydrogen-bond acceptors (Lipinski definition) is 4. The lowest BCUT2D eigenvalue weighted by Crippen LogP contribution is -2.52. The van der Waals surface area contributed by atoms with E-state index in [0.29, 0.717) is 0 Å². The van der Waals surface area contributed by atoms with Gasteiger partial charge >= 0.3 is 0 Å². The number of nitrogens with zero attached hydrogens (tertiary/aromatic N) is 1. The quantitative estimate of drug-likeness (QED) is 0.187. The Balaban J connectivity index is 0.989. The average molecular weight is 770 g/mol. The normalized spacial score (nSPS) is 20.9. The Morgan fingerprint density at radius 3 is 2.28 bits per heavy atom. The van der Waals surface area contributed by atoms with Gasteiger partial charge in [0.25, 0.3) is 0 Å². The van der Waals surface area contributed by atoms with Crippen molar-refractivity contribution in [1.29, 1.82) is 0 Å². The van der Waals surface area contributed by atoms with Crippen molar-refractivity contribution in [2.45, 2.75) is 82.0 Å². The molecule has 0 saturated heterocycles. The standard InChI is InChI=1S/C54H47N3S/c1-53(2)44-25-15-21-36(48(44)42-32-46-40(31-45(42)53)37-20-10-11-24-43(37)54(46)28-12-5-13-29-54)35-26-27-47-41(30-35)38-22-14-23-39(49(38)58-47)52-56-50(33-16-6-3-7-17-33)55-51(57-52)34-18-8-4-9-19-34/h3,6-8,10-11,14-27,30-32,50-51,55H,4-5,9,12-13,28-29H2,1-2H3,(H,56,57). The summed E-state index contributed by atoms with van der Waals surface area (Å²) in [5.41, 5.74) is 18.1. The lowest BCUT2D eigenvalue weighted by molar-refractivity contribution is 0.353. The molecule has 0 bridgehead atoms. The molecule has 2 heterocycles. The van der Waals surface area contributed by atoms with Gasteiger partial charge in [0, 0.05) is 36.6 Å². The molecule has 4 heteroatoms. The van der Waals surface area contributed by atoms with E-state index in [-0.39, 0.29) is 23.2 Å². The summed E-state index contributed by atoms with van der Waals surface area (Å²) in [5.74, 6) is 0.944. The van der Waals surface area contributed by atoms with Crippen LogP contribution < -0.4 is 10.6 Å². The molecular weight excluding hydrogens is 723 g/mol. The fraction of sp³-hybridized carbons (Fsp3) is 0.241. The summed E-state index contributed by atoms with van der Waals surface area (Å²) in [7, 11) is 0. The number of allylic oxidation sites excluding steroid dienone is 2. The molecular formula is C54H47N3S. The number of hydrogen-bond donors (Lipinski definition) is 2. The van der Waals surface area contributed by atoms with Gasteiger partial charge in [-0.15, -0.1) is 11.3 Å². The molecule has 1 aliphatic heterocycles. The molecule has 58 heavy (non-hydrogen) atoms. The largest absolute Gasteiger partial charge is 0.350 e. The number of rotatable bonds is 4. The number of aliphatic imine (C=N–C) groups is 1. The minimum absolute atomic E-state index is 0.0267. The van der Waals surface area contributed by atoms with E-state index < -0.39 is 0 Å². The molecule has 7 aromatic rings. The predicted molar refractivity (Wildman–Crippen MR) is 244 cm³/mol. The molecule has 2 unspecified atom stereocenters. The molecule has 0 radical (unpaired) electrons. The highest BCUT2D eigenvalue weighted by Gasteiger charge is 2.46. The highest BCUT2D eigenvalue weighted by molar-refractivity contribution is 7.26.